The number of ether oxygens (including phenoxy) is 1. The fraction of sp³-hybridized carbons (Fsp3) is 0.0588. The van der Waals surface area contributed by atoms with Crippen LogP contribution in [0.5, 0.6) is 5.75 Å². The first-order valence-corrected chi connectivity index (χ1v) is 45.6. The minimum Gasteiger partial charge on any atom is -0.497 e. The maximum Gasteiger partial charge on any atom is 0.159 e. The van der Waals surface area contributed by atoms with Crippen LogP contribution in [0.25, 0.3) is 178 Å². The van der Waals surface area contributed by atoms with Gasteiger partial charge in [0.1, 0.15) is 43.7 Å². The molecule has 20 heteroatoms. The van der Waals surface area contributed by atoms with Crippen molar-refractivity contribution in [2.75, 3.05) is 7.11 Å². The lowest BCUT2D eigenvalue weighted by molar-refractivity contribution is 0.415. The van der Waals surface area contributed by atoms with Crippen LogP contribution in [-0.4, -0.2) is 89.3 Å². The van der Waals surface area contributed by atoms with Gasteiger partial charge in [-0.05, 0) is 309 Å². The van der Waals surface area contributed by atoms with Gasteiger partial charge in [-0.1, -0.05) is 179 Å². The monoisotopic (exact) mass is 1810 g/mol. The molecule has 0 saturated heterocycles. The number of aromatic amines is 1. The third-order valence-corrected chi connectivity index (χ3v) is 24.6. The summed E-state index contributed by atoms with van der Waals surface area (Å²) in [5, 5.41) is 0. The number of aromatic nitrogens is 17. The molecule has 0 unspecified atom stereocenters. The molecule has 0 saturated carbocycles. The van der Waals surface area contributed by atoms with E-state index in [1.807, 2.05) is 171 Å². The highest BCUT2D eigenvalue weighted by Crippen LogP contribution is 2.35. The number of halogens is 2. The molecular formula is C119H93F2N17O. The second-order valence-electron chi connectivity index (χ2n) is 34.1. The van der Waals surface area contributed by atoms with Crippen molar-refractivity contribution >= 4 is 77.2 Å². The minimum atomic E-state index is -0.848. The fourth-order valence-corrected chi connectivity index (χ4v) is 16.8. The summed E-state index contributed by atoms with van der Waals surface area (Å²) in [5.41, 5.74) is 41.3. The van der Waals surface area contributed by atoms with Gasteiger partial charge in [0, 0.05) is 76.9 Å². The van der Waals surface area contributed by atoms with Crippen LogP contribution in [0, 0.1) is 53.2 Å². The van der Waals surface area contributed by atoms with Crippen molar-refractivity contribution in [3.63, 3.8) is 0 Å². The van der Waals surface area contributed by atoms with Crippen LogP contribution >= 0.6 is 0 Å². The largest absolute Gasteiger partial charge is 0.497 e. The molecule has 674 valence electrons. The lowest BCUT2D eigenvalue weighted by Gasteiger charge is -2.08. The molecule has 18 nitrogen and oxygen atoms in total. The Labute approximate surface area is 801 Å². The average Bonchev–Trinajstić information content (AvgIpc) is 1.75. The predicted octanol–water partition coefficient (Wildman–Crippen LogP) is 28.4. The average molecular weight is 1820 g/mol. The molecule has 0 amide bonds. The van der Waals surface area contributed by atoms with Gasteiger partial charge in [0.15, 0.2) is 11.6 Å². The van der Waals surface area contributed by atoms with Gasteiger partial charge < -0.3 is 9.72 Å². The summed E-state index contributed by atoms with van der Waals surface area (Å²) in [4.78, 5) is 46.8. The summed E-state index contributed by atoms with van der Waals surface area (Å²) < 4.78 is 44.6. The van der Waals surface area contributed by atoms with E-state index in [-0.39, 0.29) is 0 Å². The summed E-state index contributed by atoms with van der Waals surface area (Å²) in [5.74, 6) is -0.830. The molecule has 15 aromatic carbocycles. The first kappa shape index (κ1) is 88.6. The fourth-order valence-electron chi connectivity index (χ4n) is 16.8. The number of benzene rings is 15. The summed E-state index contributed by atoms with van der Waals surface area (Å²) in [7, 11) is 1.69. The Morgan fingerprint density at radius 1 is 0.223 bits per heavy atom. The van der Waals surface area contributed by atoms with Crippen molar-refractivity contribution < 1.29 is 13.5 Å². The van der Waals surface area contributed by atoms with Crippen LogP contribution in [0.3, 0.4) is 0 Å². The molecule has 0 aliphatic heterocycles. The first-order chi connectivity index (χ1) is 68.1. The third kappa shape index (κ3) is 19.8. The molecule has 10 heterocycles. The molecule has 0 radical (unpaired) electrons. The van der Waals surface area contributed by atoms with Crippen molar-refractivity contribution in [1.29, 1.82) is 0 Å². The van der Waals surface area contributed by atoms with E-state index in [2.05, 4.69) is 349 Å². The van der Waals surface area contributed by atoms with Gasteiger partial charge in [-0.15, -0.1) is 0 Å². The van der Waals surface area contributed by atoms with Gasteiger partial charge in [0.25, 0.3) is 0 Å². The number of pyridine rings is 3. The highest BCUT2D eigenvalue weighted by Gasteiger charge is 2.17. The number of imidazole rings is 7. The van der Waals surface area contributed by atoms with Crippen LogP contribution in [0.4, 0.5) is 8.78 Å². The zero-order chi connectivity index (χ0) is 94.8. The van der Waals surface area contributed by atoms with E-state index in [9.17, 15) is 8.78 Å². The van der Waals surface area contributed by atoms with Crippen LogP contribution < -0.4 is 4.74 Å². The Morgan fingerprint density at radius 3 is 0.842 bits per heavy atom. The zero-order valence-electron chi connectivity index (χ0n) is 77.3. The van der Waals surface area contributed by atoms with Crippen molar-refractivity contribution in [3.05, 3.63) is 478 Å². The lowest BCUT2D eigenvalue weighted by atomic mass is 10.0. The normalized spacial score (nSPS) is 11.1. The summed E-state index contributed by atoms with van der Waals surface area (Å²) in [6, 6.07) is 118. The predicted molar refractivity (Wildman–Crippen MR) is 557 cm³/mol. The van der Waals surface area contributed by atoms with Gasteiger partial charge in [0.05, 0.1) is 90.7 Å². The molecule has 0 aliphatic carbocycles. The van der Waals surface area contributed by atoms with E-state index >= 15 is 0 Å². The molecule has 10 aromatic heterocycles. The molecule has 0 fully saturated rings. The highest BCUT2D eigenvalue weighted by atomic mass is 19.2. The number of aryl methyl sites for hydroxylation is 6. The number of hydrogen-bond acceptors (Lipinski definition) is 11. The Hall–Kier alpha value is -18.3. The third-order valence-electron chi connectivity index (χ3n) is 24.6. The topological polar surface area (TPSA) is 184 Å². The molecule has 0 bridgehead atoms. The minimum absolute atomic E-state index is 0.632. The number of nitrogens with zero attached hydrogens (tertiary/aromatic N) is 16. The van der Waals surface area contributed by atoms with Gasteiger partial charge in [-0.25, -0.2) is 43.7 Å². The molecular weight excluding hydrogens is 1720 g/mol. The number of fused-ring (bicyclic) bond motifs is 7. The maximum atomic E-state index is 13.5. The molecule has 0 atom stereocenters. The Kier molecular flexibility index (Phi) is 25.4. The molecule has 1 N–H and O–H groups in total. The number of rotatable bonds is 13. The van der Waals surface area contributed by atoms with Crippen LogP contribution in [0.1, 0.15) is 33.4 Å². The van der Waals surface area contributed by atoms with E-state index in [1.165, 1.54) is 56.1 Å². The lowest BCUT2D eigenvalue weighted by Crippen LogP contribution is -1.92. The standard InChI is InChI=1S/C21H18N2O.C21H18N2.C20H14F2N2.C19H13N5.2C19H15N3/c1-15-6-9-18(10-7-15)23-14-22-20-11-8-17(13-21(20)23)16-4-3-5-19(12-16)24-2;1-15-3-7-17(8-4-15)18-9-12-20-21(13-18)23(14-22-20)19-10-5-16(2)6-11-19;1-13-2-6-16(7-3-13)24-12-23-19-9-5-15(11-20(19)24)14-4-8-17(21)18(22)10-14;1-3-17-19(9-14(1)13-5-7-20-8-6-13)24(12-23-17)15-2-4-16-18(10-15)22-11-21-16;1-14-2-5-17(6-3-14)22-13-21-18-7-4-16(12-19(18)22)15-8-10-20-11-9-15;1-14-4-7-17(8-5-14)22-13-21-18-9-6-15(11-19(18)22)16-3-2-10-20-12-16/h3-14H,1-2H3;3-14H,1-2H3;2-12H,1H3;1-12H,(H,21,22);2*2-13H,1H3. The van der Waals surface area contributed by atoms with E-state index in [0.717, 1.165) is 168 Å². The second-order valence-corrected chi connectivity index (χ2v) is 34.1. The van der Waals surface area contributed by atoms with Crippen LogP contribution in [0.15, 0.2) is 433 Å². The number of H-pyrrole nitrogens is 1. The Morgan fingerprint density at radius 2 is 0.504 bits per heavy atom. The SMILES string of the molecule is COc1cccc(-c2ccc3ncn(-c4ccc(C)cc4)c3c2)c1.Cc1ccc(-c2ccc3ncn(-c4ccc(C)cc4)c3c2)cc1.Cc1ccc(-n2cnc3ccc(-c4ccc(F)c(F)c4)cc32)cc1.Cc1ccc(-n2cnc3ccc(-c4cccnc4)cc32)cc1.Cc1ccc(-n2cnc3ccc(-c4ccncc4)cc32)cc1.c1cc(-c2ccc3ncn(-c4ccc5nc[nH]c5c4)c3c2)ccn1. The van der Waals surface area contributed by atoms with Crippen molar-refractivity contribution in [2.24, 2.45) is 0 Å². The first-order valence-electron chi connectivity index (χ1n) is 45.6. The van der Waals surface area contributed by atoms with Crippen molar-refractivity contribution in [1.82, 2.24) is 82.2 Å². The summed E-state index contributed by atoms with van der Waals surface area (Å²) in [6.45, 7) is 12.5. The molecule has 25 aromatic rings. The molecule has 0 aliphatic rings. The zero-order valence-corrected chi connectivity index (χ0v) is 77.3. The highest BCUT2D eigenvalue weighted by molar-refractivity contribution is 5.90. The number of hydrogen-bond donors (Lipinski definition) is 1. The molecule has 0 spiro atoms. The van der Waals surface area contributed by atoms with E-state index < -0.39 is 11.6 Å². The Balaban J connectivity index is 0.000000103. The van der Waals surface area contributed by atoms with Gasteiger partial charge in [-0.2, -0.15) is 0 Å². The molecule has 25 rings (SSSR count). The van der Waals surface area contributed by atoms with Gasteiger partial charge in [0.2, 0.25) is 0 Å². The van der Waals surface area contributed by atoms with Gasteiger partial charge >= 0.3 is 0 Å². The summed E-state index contributed by atoms with van der Waals surface area (Å²) in [6.07, 6.45) is 23.8. The second kappa shape index (κ2) is 39.9. The van der Waals surface area contributed by atoms with Crippen LogP contribution in [0.2, 0.25) is 0 Å². The van der Waals surface area contributed by atoms with Crippen molar-refractivity contribution in [2.45, 2.75) is 41.5 Å². The van der Waals surface area contributed by atoms with Gasteiger partial charge in [-0.3, -0.25) is 42.4 Å². The summed E-state index contributed by atoms with van der Waals surface area (Å²) >= 11 is 0. The van der Waals surface area contributed by atoms with Crippen LogP contribution in [-0.2, 0) is 0 Å². The molecule has 139 heavy (non-hydrogen) atoms. The number of nitrogens with one attached hydrogen (secondary N) is 1. The van der Waals surface area contributed by atoms with E-state index in [1.54, 1.807) is 32.0 Å². The van der Waals surface area contributed by atoms with Crippen molar-refractivity contribution in [3.8, 4) is 107 Å². The smallest absolute Gasteiger partial charge is 0.159 e. The Bertz CT molecular complexity index is 8450. The number of methoxy groups -OCH3 is 1. The maximum absolute atomic E-state index is 13.5. The van der Waals surface area contributed by atoms with E-state index in [0.29, 0.717) is 5.56 Å². The quantitative estimate of drug-likeness (QED) is 0.116. The van der Waals surface area contributed by atoms with E-state index in [4.69, 9.17) is 4.74 Å².